The van der Waals surface area contributed by atoms with E-state index in [4.69, 9.17) is 4.74 Å². The lowest BCUT2D eigenvalue weighted by molar-refractivity contribution is -0.134. The Balaban J connectivity index is 0.00000312. The fraction of sp³-hybridized carbons (Fsp3) is 0.556. The predicted molar refractivity (Wildman–Crippen MR) is 100 cm³/mol. The summed E-state index contributed by atoms with van der Waals surface area (Å²) in [5, 5.41) is 6.14. The monoisotopic (exact) mass is 369 g/mol. The molecule has 0 bridgehead atoms. The minimum Gasteiger partial charge on any atom is -0.493 e. The van der Waals surface area contributed by atoms with Gasteiger partial charge in [0.1, 0.15) is 5.75 Å². The normalized spacial score (nSPS) is 16.7. The molecular weight excluding hydrogens is 342 g/mol. The molecule has 1 atom stereocenters. The maximum Gasteiger partial charge on any atom is 0.255 e. The third kappa shape index (κ3) is 6.21. The second-order valence-corrected chi connectivity index (χ2v) is 5.93. The van der Waals surface area contributed by atoms with E-state index < -0.39 is 0 Å². The third-order valence-electron chi connectivity index (χ3n) is 4.11. The van der Waals surface area contributed by atoms with Crippen molar-refractivity contribution in [2.75, 3.05) is 32.8 Å². The van der Waals surface area contributed by atoms with Crippen molar-refractivity contribution in [2.24, 2.45) is 0 Å². The summed E-state index contributed by atoms with van der Waals surface area (Å²) in [5.41, 5.74) is 0.529. The van der Waals surface area contributed by atoms with Gasteiger partial charge in [-0.3, -0.25) is 9.59 Å². The number of carbonyl (C=O) groups is 2. The topological polar surface area (TPSA) is 70.7 Å². The van der Waals surface area contributed by atoms with E-state index in [2.05, 4.69) is 17.6 Å². The fourth-order valence-corrected chi connectivity index (χ4v) is 2.83. The summed E-state index contributed by atoms with van der Waals surface area (Å²) < 4.78 is 5.47. The fourth-order valence-electron chi connectivity index (χ4n) is 2.83. The van der Waals surface area contributed by atoms with Crippen molar-refractivity contribution in [3.63, 3.8) is 0 Å². The summed E-state index contributed by atoms with van der Waals surface area (Å²) in [6.45, 7) is 7.38. The molecule has 1 aromatic rings. The van der Waals surface area contributed by atoms with Crippen molar-refractivity contribution < 1.29 is 14.3 Å². The van der Waals surface area contributed by atoms with Crippen LogP contribution in [0.25, 0.3) is 0 Å². The second kappa shape index (κ2) is 10.9. The van der Waals surface area contributed by atoms with Crippen LogP contribution in [0.3, 0.4) is 0 Å². The molecule has 25 heavy (non-hydrogen) atoms. The molecule has 1 fully saturated rings. The number of carbonyl (C=O) groups excluding carboxylic acids is 2. The average molecular weight is 370 g/mol. The number of rotatable bonds is 7. The van der Waals surface area contributed by atoms with Gasteiger partial charge in [-0.1, -0.05) is 12.1 Å². The second-order valence-electron chi connectivity index (χ2n) is 5.93. The maximum absolute atomic E-state index is 12.2. The van der Waals surface area contributed by atoms with Crippen LogP contribution in [0.5, 0.6) is 5.75 Å². The van der Waals surface area contributed by atoms with E-state index in [9.17, 15) is 9.59 Å². The molecule has 1 unspecified atom stereocenters. The van der Waals surface area contributed by atoms with Crippen molar-refractivity contribution in [2.45, 2.75) is 32.7 Å². The first kappa shape index (κ1) is 21.3. The lowest BCUT2D eigenvalue weighted by Crippen LogP contribution is -2.52. The Morgan fingerprint density at radius 3 is 2.84 bits per heavy atom. The van der Waals surface area contributed by atoms with Gasteiger partial charge in [-0.25, -0.2) is 0 Å². The number of hydrogen-bond donors (Lipinski definition) is 2. The van der Waals surface area contributed by atoms with Gasteiger partial charge in [0.2, 0.25) is 5.91 Å². The molecule has 1 aliphatic heterocycles. The standard InChI is InChI=1S/C18H27N3O3.ClH/c1-3-24-16-8-5-4-7-15(16)18(23)20-10-6-9-17(22)21-12-11-19-13-14(21)2;/h4-5,7-8,14,19H,3,6,9-13H2,1-2H3,(H,20,23);1H. The van der Waals surface area contributed by atoms with Gasteiger partial charge in [0.25, 0.3) is 5.91 Å². The number of nitrogens with zero attached hydrogens (tertiary/aromatic N) is 1. The average Bonchev–Trinajstić information content (AvgIpc) is 2.59. The van der Waals surface area contributed by atoms with Crippen molar-refractivity contribution in [1.82, 2.24) is 15.5 Å². The lowest BCUT2D eigenvalue weighted by atomic mass is 10.1. The Bertz CT molecular complexity index is 568. The molecule has 6 nitrogen and oxygen atoms in total. The number of halogens is 1. The molecular formula is C18H28ClN3O3. The van der Waals surface area contributed by atoms with Crippen LogP contribution in [-0.4, -0.2) is 55.5 Å². The number of benzene rings is 1. The lowest BCUT2D eigenvalue weighted by Gasteiger charge is -2.34. The summed E-state index contributed by atoms with van der Waals surface area (Å²) in [6, 6.07) is 7.42. The summed E-state index contributed by atoms with van der Waals surface area (Å²) in [7, 11) is 0. The minimum atomic E-state index is -0.165. The number of ether oxygens (including phenoxy) is 1. The van der Waals surface area contributed by atoms with Crippen LogP contribution in [0.1, 0.15) is 37.0 Å². The summed E-state index contributed by atoms with van der Waals surface area (Å²) >= 11 is 0. The number of nitrogens with one attached hydrogen (secondary N) is 2. The highest BCUT2D eigenvalue weighted by molar-refractivity contribution is 5.96. The van der Waals surface area contributed by atoms with E-state index in [1.54, 1.807) is 12.1 Å². The molecule has 0 spiro atoms. The van der Waals surface area contributed by atoms with Gasteiger partial charge in [-0.05, 0) is 32.4 Å². The SMILES string of the molecule is CCOc1ccccc1C(=O)NCCCC(=O)N1CCNCC1C.Cl. The Morgan fingerprint density at radius 2 is 2.12 bits per heavy atom. The molecule has 1 aromatic carbocycles. The summed E-state index contributed by atoms with van der Waals surface area (Å²) in [4.78, 5) is 26.4. The largest absolute Gasteiger partial charge is 0.493 e. The number of hydrogen-bond acceptors (Lipinski definition) is 4. The van der Waals surface area contributed by atoms with Gasteiger partial charge in [-0.15, -0.1) is 12.4 Å². The smallest absolute Gasteiger partial charge is 0.255 e. The van der Waals surface area contributed by atoms with Crippen LogP contribution in [0.15, 0.2) is 24.3 Å². The Labute approximate surface area is 155 Å². The molecule has 1 aliphatic rings. The molecule has 0 aliphatic carbocycles. The molecule has 140 valence electrons. The maximum atomic E-state index is 12.2. The summed E-state index contributed by atoms with van der Waals surface area (Å²) in [6.07, 6.45) is 1.09. The molecule has 1 heterocycles. The van der Waals surface area contributed by atoms with Crippen molar-refractivity contribution >= 4 is 24.2 Å². The quantitative estimate of drug-likeness (QED) is 0.719. The first-order chi connectivity index (χ1) is 11.6. The molecule has 1 saturated heterocycles. The van der Waals surface area contributed by atoms with Crippen LogP contribution in [0.2, 0.25) is 0 Å². The predicted octanol–water partition coefficient (Wildman–Crippen LogP) is 1.84. The first-order valence-corrected chi connectivity index (χ1v) is 8.63. The Hall–Kier alpha value is -1.79. The number of piperazine rings is 1. The third-order valence-corrected chi connectivity index (χ3v) is 4.11. The molecule has 2 amide bonds. The highest BCUT2D eigenvalue weighted by Gasteiger charge is 2.22. The van der Waals surface area contributed by atoms with Crippen molar-refractivity contribution in [3.05, 3.63) is 29.8 Å². The molecule has 0 radical (unpaired) electrons. The zero-order chi connectivity index (χ0) is 17.4. The molecule has 2 N–H and O–H groups in total. The Morgan fingerprint density at radius 1 is 1.36 bits per heavy atom. The molecule has 0 aromatic heterocycles. The van der Waals surface area contributed by atoms with E-state index in [0.29, 0.717) is 37.3 Å². The number of para-hydroxylation sites is 1. The Kier molecular flexibility index (Phi) is 9.31. The highest BCUT2D eigenvalue weighted by atomic mass is 35.5. The van der Waals surface area contributed by atoms with E-state index >= 15 is 0 Å². The summed E-state index contributed by atoms with van der Waals surface area (Å²) in [5.74, 6) is 0.582. The van der Waals surface area contributed by atoms with Crippen molar-refractivity contribution in [1.29, 1.82) is 0 Å². The molecule has 7 heteroatoms. The van der Waals surface area contributed by atoms with Crippen LogP contribution in [0.4, 0.5) is 0 Å². The van der Waals surface area contributed by atoms with E-state index in [0.717, 1.165) is 19.6 Å². The van der Waals surface area contributed by atoms with Gasteiger partial charge in [0, 0.05) is 38.6 Å². The highest BCUT2D eigenvalue weighted by Crippen LogP contribution is 2.17. The van der Waals surface area contributed by atoms with E-state index in [1.807, 2.05) is 24.0 Å². The van der Waals surface area contributed by atoms with Crippen LogP contribution >= 0.6 is 12.4 Å². The molecule has 0 saturated carbocycles. The van der Waals surface area contributed by atoms with Crippen LogP contribution in [0, 0.1) is 0 Å². The minimum absolute atomic E-state index is 0. The van der Waals surface area contributed by atoms with Gasteiger partial charge < -0.3 is 20.3 Å². The first-order valence-electron chi connectivity index (χ1n) is 8.63. The van der Waals surface area contributed by atoms with E-state index in [1.165, 1.54) is 0 Å². The van der Waals surface area contributed by atoms with Crippen LogP contribution < -0.4 is 15.4 Å². The van der Waals surface area contributed by atoms with Gasteiger partial charge in [0.15, 0.2) is 0 Å². The van der Waals surface area contributed by atoms with Crippen molar-refractivity contribution in [3.8, 4) is 5.75 Å². The van der Waals surface area contributed by atoms with Crippen LogP contribution in [-0.2, 0) is 4.79 Å². The van der Waals surface area contributed by atoms with Gasteiger partial charge in [0.05, 0.1) is 12.2 Å². The van der Waals surface area contributed by atoms with Gasteiger partial charge >= 0.3 is 0 Å². The zero-order valence-corrected chi connectivity index (χ0v) is 15.7. The van der Waals surface area contributed by atoms with E-state index in [-0.39, 0.29) is 30.3 Å². The molecule has 2 rings (SSSR count). The van der Waals surface area contributed by atoms with Gasteiger partial charge in [-0.2, -0.15) is 0 Å². The number of amides is 2. The zero-order valence-electron chi connectivity index (χ0n) is 14.9.